The summed E-state index contributed by atoms with van der Waals surface area (Å²) >= 11 is 0. The van der Waals surface area contributed by atoms with Gasteiger partial charge in [0.05, 0.1) is 12.5 Å². The molecule has 3 aliphatic rings. The molecule has 0 spiro atoms. The molecule has 0 radical (unpaired) electrons. The Morgan fingerprint density at radius 1 is 1.07 bits per heavy atom. The van der Waals surface area contributed by atoms with Crippen LogP contribution in [0, 0.1) is 11.3 Å². The number of carboxylic acids is 1. The lowest BCUT2D eigenvalue weighted by molar-refractivity contribution is -0.144. The monoisotopic (exact) mass is 586 g/mol. The summed E-state index contributed by atoms with van der Waals surface area (Å²) in [7, 11) is 4.11. The number of ether oxygens (including phenoxy) is 2. The first-order chi connectivity index (χ1) is 20.0. The van der Waals surface area contributed by atoms with Crippen molar-refractivity contribution in [2.75, 3.05) is 66.7 Å². The van der Waals surface area contributed by atoms with Gasteiger partial charge in [0.1, 0.15) is 0 Å². The second-order valence-electron chi connectivity index (χ2n) is 13.3. The van der Waals surface area contributed by atoms with Crippen molar-refractivity contribution in [1.29, 1.82) is 0 Å². The van der Waals surface area contributed by atoms with Crippen LogP contribution in [-0.4, -0.2) is 115 Å². The van der Waals surface area contributed by atoms with Crippen molar-refractivity contribution in [3.8, 4) is 11.5 Å². The molecule has 1 aromatic carbocycles. The summed E-state index contributed by atoms with van der Waals surface area (Å²) in [5, 5.41) is 10.5. The fourth-order valence-electron chi connectivity index (χ4n) is 6.72. The van der Waals surface area contributed by atoms with Crippen molar-refractivity contribution < 1.29 is 29.0 Å². The first-order valence-corrected chi connectivity index (χ1v) is 15.6. The zero-order valence-corrected chi connectivity index (χ0v) is 26.1. The van der Waals surface area contributed by atoms with E-state index in [1.165, 1.54) is 0 Å². The number of aliphatic carboxylic acids is 1. The van der Waals surface area contributed by atoms with Crippen molar-refractivity contribution in [1.82, 2.24) is 19.6 Å². The van der Waals surface area contributed by atoms with Gasteiger partial charge in [-0.3, -0.25) is 19.3 Å². The minimum atomic E-state index is -0.878. The van der Waals surface area contributed by atoms with Crippen LogP contribution in [0.25, 0.3) is 0 Å². The molecule has 0 bridgehead atoms. The highest BCUT2D eigenvalue weighted by atomic mass is 16.7. The number of unbranched alkanes of at least 4 members (excludes halogenated alkanes) is 2. The number of likely N-dealkylation sites (tertiary alicyclic amines) is 2. The van der Waals surface area contributed by atoms with Crippen LogP contribution in [-0.2, 0) is 14.4 Å². The van der Waals surface area contributed by atoms with Crippen LogP contribution < -0.4 is 9.47 Å². The van der Waals surface area contributed by atoms with Crippen LogP contribution in [0.15, 0.2) is 18.2 Å². The van der Waals surface area contributed by atoms with Crippen LogP contribution in [0.5, 0.6) is 11.5 Å². The normalized spacial score (nSPS) is 23.2. The summed E-state index contributed by atoms with van der Waals surface area (Å²) in [6.45, 7) is 10.6. The van der Waals surface area contributed by atoms with E-state index in [0.717, 1.165) is 37.8 Å². The van der Waals surface area contributed by atoms with Crippen molar-refractivity contribution in [3.05, 3.63) is 23.8 Å². The lowest BCUT2D eigenvalue weighted by Crippen LogP contribution is -2.46. The molecule has 2 amide bonds. The summed E-state index contributed by atoms with van der Waals surface area (Å²) in [5.74, 6) is -0.468. The molecule has 0 unspecified atom stereocenters. The Bertz CT molecular complexity index is 1110. The first-order valence-electron chi connectivity index (χ1n) is 15.6. The second-order valence-corrected chi connectivity index (χ2v) is 13.3. The molecule has 4 rings (SSSR count). The van der Waals surface area contributed by atoms with Crippen molar-refractivity contribution in [3.63, 3.8) is 0 Å². The topological polar surface area (TPSA) is 103 Å². The Kier molecular flexibility index (Phi) is 10.8. The second kappa shape index (κ2) is 14.1. The van der Waals surface area contributed by atoms with Gasteiger partial charge in [-0.2, -0.15) is 0 Å². The van der Waals surface area contributed by atoms with E-state index in [0.29, 0.717) is 57.1 Å². The van der Waals surface area contributed by atoms with E-state index in [4.69, 9.17) is 9.47 Å². The Balaban J connectivity index is 1.54. The Hall–Kier alpha value is -2.85. The summed E-state index contributed by atoms with van der Waals surface area (Å²) in [6.07, 6.45) is 4.89. The van der Waals surface area contributed by atoms with Gasteiger partial charge in [-0.25, -0.2) is 0 Å². The third-order valence-corrected chi connectivity index (χ3v) is 8.91. The van der Waals surface area contributed by atoms with E-state index >= 15 is 0 Å². The van der Waals surface area contributed by atoms with Gasteiger partial charge in [-0.15, -0.1) is 0 Å². The van der Waals surface area contributed by atoms with Gasteiger partial charge in [0.15, 0.2) is 11.5 Å². The van der Waals surface area contributed by atoms with Gasteiger partial charge in [0.25, 0.3) is 0 Å². The standard InChI is InChI=1S/C32H50N4O6/c1-6-7-14-34(15-9-8-13-33(4)5)29(38)20-36-19-24(23-10-11-26-27(17-23)42-22-41-26)30(31(39)40)25(36)12-16-35-21-32(2,3)18-28(35)37/h10-11,17,24-25,30H,6-9,12-16,18-22H2,1-5H3,(H,39,40)/t24-,25-,30+/m1/s1. The highest BCUT2D eigenvalue weighted by molar-refractivity contribution is 5.80. The Labute approximate surface area is 250 Å². The predicted octanol–water partition coefficient (Wildman–Crippen LogP) is 3.50. The van der Waals surface area contributed by atoms with E-state index in [2.05, 4.69) is 44.7 Å². The SMILES string of the molecule is CCCCN(CCCCN(C)C)C(=O)CN1C[C@H](c2ccc3c(c2)OCO3)[C@H](C(=O)O)[C@H]1CCN1CC(C)(C)CC1=O. The smallest absolute Gasteiger partial charge is 0.308 e. The minimum absolute atomic E-state index is 0.0483. The van der Waals surface area contributed by atoms with Gasteiger partial charge >= 0.3 is 5.97 Å². The Morgan fingerprint density at radius 2 is 1.79 bits per heavy atom. The highest BCUT2D eigenvalue weighted by Crippen LogP contribution is 2.43. The first kappa shape index (κ1) is 32.1. The summed E-state index contributed by atoms with van der Waals surface area (Å²) in [6, 6.07) is 5.27. The summed E-state index contributed by atoms with van der Waals surface area (Å²) in [4.78, 5) is 47.4. The maximum atomic E-state index is 13.8. The fraction of sp³-hybridized carbons (Fsp3) is 0.719. The van der Waals surface area contributed by atoms with Crippen LogP contribution in [0.3, 0.4) is 0 Å². The average molecular weight is 587 g/mol. The molecule has 3 heterocycles. The molecule has 3 atom stereocenters. The molecule has 0 aromatic heterocycles. The molecule has 234 valence electrons. The summed E-state index contributed by atoms with van der Waals surface area (Å²) in [5.41, 5.74) is 0.784. The van der Waals surface area contributed by atoms with E-state index in [1.54, 1.807) is 0 Å². The minimum Gasteiger partial charge on any atom is -0.481 e. The molecule has 42 heavy (non-hydrogen) atoms. The quantitative estimate of drug-likeness (QED) is 0.312. The largest absolute Gasteiger partial charge is 0.481 e. The molecule has 1 N–H and O–H groups in total. The number of benzene rings is 1. The van der Waals surface area contributed by atoms with E-state index in [1.807, 2.05) is 28.0 Å². The van der Waals surface area contributed by atoms with Crippen LogP contribution in [0.4, 0.5) is 0 Å². The molecular formula is C32H50N4O6. The zero-order chi connectivity index (χ0) is 30.4. The van der Waals surface area contributed by atoms with Gasteiger partial charge in [-0.1, -0.05) is 33.3 Å². The van der Waals surface area contributed by atoms with Crippen LogP contribution in [0.2, 0.25) is 0 Å². The maximum absolute atomic E-state index is 13.8. The molecule has 3 aliphatic heterocycles. The molecular weight excluding hydrogens is 536 g/mol. The number of carboxylic acid groups (broad SMARTS) is 1. The predicted molar refractivity (Wildman–Crippen MR) is 161 cm³/mol. The van der Waals surface area contributed by atoms with E-state index < -0.39 is 11.9 Å². The van der Waals surface area contributed by atoms with Gasteiger partial charge in [-0.05, 0) is 69.4 Å². The van der Waals surface area contributed by atoms with Crippen LogP contribution >= 0.6 is 0 Å². The van der Waals surface area contributed by atoms with Gasteiger partial charge < -0.3 is 29.3 Å². The molecule has 0 saturated carbocycles. The number of rotatable bonds is 15. The van der Waals surface area contributed by atoms with Crippen molar-refractivity contribution in [2.24, 2.45) is 11.3 Å². The number of hydrogen-bond donors (Lipinski definition) is 1. The molecule has 2 fully saturated rings. The number of amides is 2. The summed E-state index contributed by atoms with van der Waals surface area (Å²) < 4.78 is 11.1. The molecule has 0 aliphatic carbocycles. The number of fused-ring (bicyclic) bond motifs is 1. The van der Waals surface area contributed by atoms with Crippen molar-refractivity contribution in [2.45, 2.75) is 71.3 Å². The highest BCUT2D eigenvalue weighted by Gasteiger charge is 2.48. The lowest BCUT2D eigenvalue weighted by Gasteiger charge is -2.31. The van der Waals surface area contributed by atoms with Crippen LogP contribution in [0.1, 0.15) is 70.8 Å². The number of carbonyl (C=O) groups excluding carboxylic acids is 2. The molecule has 10 nitrogen and oxygen atoms in total. The van der Waals surface area contributed by atoms with E-state index in [9.17, 15) is 19.5 Å². The number of hydrogen-bond acceptors (Lipinski definition) is 7. The third-order valence-electron chi connectivity index (χ3n) is 8.91. The number of carbonyl (C=O) groups is 3. The molecule has 2 saturated heterocycles. The zero-order valence-electron chi connectivity index (χ0n) is 26.1. The number of nitrogens with zero attached hydrogens (tertiary/aromatic N) is 4. The Morgan fingerprint density at radius 3 is 2.45 bits per heavy atom. The van der Waals surface area contributed by atoms with Gasteiger partial charge in [0, 0.05) is 51.1 Å². The molecule has 10 heteroatoms. The fourth-order valence-corrected chi connectivity index (χ4v) is 6.72. The third kappa shape index (κ3) is 7.95. The maximum Gasteiger partial charge on any atom is 0.308 e. The van der Waals surface area contributed by atoms with Crippen molar-refractivity contribution >= 4 is 17.8 Å². The lowest BCUT2D eigenvalue weighted by atomic mass is 9.84. The van der Waals surface area contributed by atoms with E-state index in [-0.39, 0.29) is 42.5 Å². The molecule has 1 aromatic rings. The van der Waals surface area contributed by atoms with Gasteiger partial charge in [0.2, 0.25) is 18.6 Å². The average Bonchev–Trinajstić information content (AvgIpc) is 3.60.